The average Bonchev–Trinajstić information content (AvgIpc) is 2.41. The van der Waals surface area contributed by atoms with Crippen LogP contribution in [0.3, 0.4) is 0 Å². The molecule has 0 radical (unpaired) electrons. The van der Waals surface area contributed by atoms with Crippen LogP contribution in [0.5, 0.6) is 0 Å². The van der Waals surface area contributed by atoms with Crippen LogP contribution in [-0.4, -0.2) is 5.78 Å². The molecular formula is C15H13FOS. The normalized spacial score (nSPS) is 10.3. The van der Waals surface area contributed by atoms with Gasteiger partial charge in [0.1, 0.15) is 5.82 Å². The van der Waals surface area contributed by atoms with E-state index in [1.54, 1.807) is 30.3 Å². The Kier molecular flexibility index (Phi) is 4.15. The molecule has 2 aromatic carbocycles. The Morgan fingerprint density at radius 2 is 1.78 bits per heavy atom. The lowest BCUT2D eigenvalue weighted by molar-refractivity contribution is 0.0988. The molecule has 0 aliphatic carbocycles. The van der Waals surface area contributed by atoms with Crippen LogP contribution in [-0.2, 0) is 0 Å². The van der Waals surface area contributed by atoms with Gasteiger partial charge in [-0.1, -0.05) is 43.0 Å². The summed E-state index contributed by atoms with van der Waals surface area (Å²) in [5.41, 5.74) is 0.704. The van der Waals surface area contributed by atoms with E-state index >= 15 is 0 Å². The third-order valence-electron chi connectivity index (χ3n) is 2.56. The number of hydrogen-bond donors (Lipinski definition) is 0. The summed E-state index contributed by atoms with van der Waals surface area (Å²) < 4.78 is 13.5. The fraction of sp³-hybridized carbons (Fsp3) is 0.133. The fourth-order valence-electron chi connectivity index (χ4n) is 1.57. The molecule has 2 aromatic rings. The minimum Gasteiger partial charge on any atom is -0.294 e. The third-order valence-corrected chi connectivity index (χ3v) is 3.62. The predicted molar refractivity (Wildman–Crippen MR) is 71.6 cm³/mol. The molecule has 3 heteroatoms. The van der Waals surface area contributed by atoms with Gasteiger partial charge in [0.15, 0.2) is 5.78 Å². The van der Waals surface area contributed by atoms with Crippen molar-refractivity contribution in [1.82, 2.24) is 0 Å². The Labute approximate surface area is 110 Å². The van der Waals surface area contributed by atoms with Gasteiger partial charge in [-0.05, 0) is 24.3 Å². The summed E-state index contributed by atoms with van der Waals surface area (Å²) in [6.07, 6.45) is 0.500. The van der Waals surface area contributed by atoms with Crippen molar-refractivity contribution in [2.45, 2.75) is 23.1 Å². The molecule has 0 atom stereocenters. The van der Waals surface area contributed by atoms with E-state index in [2.05, 4.69) is 0 Å². The van der Waals surface area contributed by atoms with Gasteiger partial charge in [0, 0.05) is 21.8 Å². The molecule has 0 unspecified atom stereocenters. The van der Waals surface area contributed by atoms with Gasteiger partial charge in [-0.15, -0.1) is 0 Å². The second-order valence-corrected chi connectivity index (χ2v) is 4.95. The van der Waals surface area contributed by atoms with Crippen molar-refractivity contribution >= 4 is 17.5 Å². The van der Waals surface area contributed by atoms with E-state index in [1.807, 2.05) is 19.1 Å². The number of hydrogen-bond acceptors (Lipinski definition) is 2. The molecular weight excluding hydrogens is 247 g/mol. The molecule has 0 aliphatic heterocycles. The molecule has 18 heavy (non-hydrogen) atoms. The van der Waals surface area contributed by atoms with E-state index in [0.717, 1.165) is 4.90 Å². The van der Waals surface area contributed by atoms with E-state index < -0.39 is 0 Å². The molecule has 0 aromatic heterocycles. The van der Waals surface area contributed by atoms with Gasteiger partial charge in [-0.25, -0.2) is 4.39 Å². The van der Waals surface area contributed by atoms with Crippen LogP contribution in [0.4, 0.5) is 4.39 Å². The smallest absolute Gasteiger partial charge is 0.162 e. The molecule has 0 saturated carbocycles. The molecule has 0 heterocycles. The van der Waals surface area contributed by atoms with Crippen LogP contribution >= 0.6 is 11.8 Å². The maximum Gasteiger partial charge on any atom is 0.162 e. The molecule has 0 aliphatic rings. The summed E-state index contributed by atoms with van der Waals surface area (Å²) >= 11 is 1.36. The maximum atomic E-state index is 13.5. The molecule has 0 N–H and O–H groups in total. The highest BCUT2D eigenvalue weighted by atomic mass is 32.2. The highest BCUT2D eigenvalue weighted by Crippen LogP contribution is 2.29. The second kappa shape index (κ2) is 5.83. The summed E-state index contributed by atoms with van der Waals surface area (Å²) in [6, 6.07) is 13.9. The predicted octanol–water partition coefficient (Wildman–Crippen LogP) is 4.57. The van der Waals surface area contributed by atoms with Crippen LogP contribution in [0, 0.1) is 5.82 Å². The molecule has 92 valence electrons. The van der Waals surface area contributed by atoms with Crippen molar-refractivity contribution in [3.8, 4) is 0 Å². The minimum absolute atomic E-state index is 0.123. The molecule has 2 rings (SSSR count). The first-order chi connectivity index (χ1) is 8.70. The Morgan fingerprint density at radius 3 is 2.39 bits per heavy atom. The van der Waals surface area contributed by atoms with E-state index in [4.69, 9.17) is 0 Å². The van der Waals surface area contributed by atoms with E-state index in [1.165, 1.54) is 17.8 Å². The molecule has 0 spiro atoms. The summed E-state index contributed by atoms with van der Waals surface area (Å²) in [4.78, 5) is 13.0. The van der Waals surface area contributed by atoms with Crippen LogP contribution < -0.4 is 0 Å². The van der Waals surface area contributed by atoms with Gasteiger partial charge in [-0.3, -0.25) is 4.79 Å². The monoisotopic (exact) mass is 260 g/mol. The third kappa shape index (κ3) is 2.99. The maximum absolute atomic E-state index is 13.5. The molecule has 0 saturated heterocycles. The highest BCUT2D eigenvalue weighted by molar-refractivity contribution is 7.99. The average molecular weight is 260 g/mol. The number of carbonyl (C=O) groups is 1. The summed E-state index contributed by atoms with van der Waals surface area (Å²) in [7, 11) is 0. The standard InChI is InChI=1S/C15H13FOS/c1-2-14(17)11-7-9-12(10-8-11)18-15-6-4-3-5-13(15)16/h3-10H,2H2,1H3. The van der Waals surface area contributed by atoms with E-state index in [0.29, 0.717) is 16.9 Å². The molecule has 1 nitrogen and oxygen atoms in total. The van der Waals surface area contributed by atoms with Crippen molar-refractivity contribution in [2.24, 2.45) is 0 Å². The van der Waals surface area contributed by atoms with Crippen LogP contribution in [0.15, 0.2) is 58.3 Å². The van der Waals surface area contributed by atoms with Crippen molar-refractivity contribution < 1.29 is 9.18 Å². The number of carbonyl (C=O) groups excluding carboxylic acids is 1. The first-order valence-electron chi connectivity index (χ1n) is 5.76. The van der Waals surface area contributed by atoms with Crippen LogP contribution in [0.1, 0.15) is 23.7 Å². The number of halogens is 1. The minimum atomic E-state index is -0.226. The highest BCUT2D eigenvalue weighted by Gasteiger charge is 2.05. The largest absolute Gasteiger partial charge is 0.294 e. The van der Waals surface area contributed by atoms with Crippen molar-refractivity contribution in [3.63, 3.8) is 0 Å². The molecule has 0 fully saturated rings. The van der Waals surface area contributed by atoms with Crippen molar-refractivity contribution in [2.75, 3.05) is 0 Å². The molecule has 0 amide bonds. The van der Waals surface area contributed by atoms with Gasteiger partial charge in [0.2, 0.25) is 0 Å². The zero-order chi connectivity index (χ0) is 13.0. The summed E-state index contributed by atoms with van der Waals surface area (Å²) in [5.74, 6) is -0.103. The van der Waals surface area contributed by atoms with Gasteiger partial charge < -0.3 is 0 Å². The van der Waals surface area contributed by atoms with Gasteiger partial charge in [0.25, 0.3) is 0 Å². The lowest BCUT2D eigenvalue weighted by Crippen LogP contribution is -1.95. The Bertz CT molecular complexity index is 549. The van der Waals surface area contributed by atoms with Crippen molar-refractivity contribution in [3.05, 3.63) is 59.9 Å². The second-order valence-electron chi connectivity index (χ2n) is 3.83. The quantitative estimate of drug-likeness (QED) is 0.749. The number of rotatable bonds is 4. The molecule has 0 bridgehead atoms. The lowest BCUT2D eigenvalue weighted by Gasteiger charge is -2.04. The van der Waals surface area contributed by atoms with Crippen LogP contribution in [0.25, 0.3) is 0 Å². The summed E-state index contributed by atoms with van der Waals surface area (Å²) in [5, 5.41) is 0. The van der Waals surface area contributed by atoms with Crippen molar-refractivity contribution in [1.29, 1.82) is 0 Å². The zero-order valence-corrected chi connectivity index (χ0v) is 10.8. The Morgan fingerprint density at radius 1 is 1.11 bits per heavy atom. The first-order valence-corrected chi connectivity index (χ1v) is 6.58. The lowest BCUT2D eigenvalue weighted by atomic mass is 10.1. The van der Waals surface area contributed by atoms with Crippen LogP contribution in [0.2, 0.25) is 0 Å². The number of benzene rings is 2. The topological polar surface area (TPSA) is 17.1 Å². The van der Waals surface area contributed by atoms with E-state index in [-0.39, 0.29) is 11.6 Å². The van der Waals surface area contributed by atoms with Gasteiger partial charge in [0.05, 0.1) is 0 Å². The summed E-state index contributed by atoms with van der Waals surface area (Å²) in [6.45, 7) is 1.84. The SMILES string of the molecule is CCC(=O)c1ccc(Sc2ccccc2F)cc1. The van der Waals surface area contributed by atoms with Gasteiger partial charge >= 0.3 is 0 Å². The van der Waals surface area contributed by atoms with E-state index in [9.17, 15) is 9.18 Å². The number of Topliss-reactive ketones (excluding diaryl/α,β-unsaturated/α-hetero) is 1. The number of ketones is 1. The zero-order valence-electron chi connectivity index (χ0n) is 10.0. The Hall–Kier alpha value is -1.61. The fourth-order valence-corrected chi connectivity index (χ4v) is 2.41. The Balaban J connectivity index is 2.16. The van der Waals surface area contributed by atoms with Gasteiger partial charge in [-0.2, -0.15) is 0 Å². The first kappa shape index (κ1) is 12.8.